The second-order valence-corrected chi connectivity index (χ2v) is 10.0. The fourth-order valence-corrected chi connectivity index (χ4v) is 4.44. The Labute approximate surface area is 190 Å². The number of rotatable bonds is 7. The van der Waals surface area contributed by atoms with Gasteiger partial charge in [-0.2, -0.15) is 5.10 Å². The van der Waals surface area contributed by atoms with Crippen molar-refractivity contribution in [2.45, 2.75) is 72.8 Å². The molecule has 3 heterocycles. The fourth-order valence-electron chi connectivity index (χ4n) is 4.44. The molecule has 0 aliphatic carbocycles. The van der Waals surface area contributed by atoms with E-state index in [9.17, 15) is 9.59 Å². The van der Waals surface area contributed by atoms with Crippen LogP contribution in [0.1, 0.15) is 69.1 Å². The summed E-state index contributed by atoms with van der Waals surface area (Å²) < 4.78 is 6.96. The summed E-state index contributed by atoms with van der Waals surface area (Å²) in [4.78, 5) is 31.6. The molecule has 1 aliphatic rings. The molecule has 0 aromatic carbocycles. The molecule has 0 radical (unpaired) electrons. The standard InChI is InChI=1S/C24H37N5O3/c1-15(14-32-7)25-22(30)9-8-19-16(2)26-21-12-20(27-29(21)17(19)3)18-10-11-28(13-18)23(31)24(4,5)6/h12,15,18H,8-11,13-14H2,1-7H3,(H,25,30). The highest BCUT2D eigenvalue weighted by atomic mass is 16.5. The number of fused-ring (bicyclic) bond motifs is 1. The number of hydrogen-bond acceptors (Lipinski definition) is 5. The molecular formula is C24H37N5O3. The average Bonchev–Trinajstić information content (AvgIpc) is 3.33. The summed E-state index contributed by atoms with van der Waals surface area (Å²) in [5, 5.41) is 7.80. The molecule has 1 saturated heterocycles. The van der Waals surface area contributed by atoms with E-state index >= 15 is 0 Å². The van der Waals surface area contributed by atoms with Gasteiger partial charge in [-0.25, -0.2) is 9.50 Å². The number of aryl methyl sites for hydroxylation is 2. The highest BCUT2D eigenvalue weighted by Gasteiger charge is 2.34. The Balaban J connectivity index is 1.74. The quantitative estimate of drug-likeness (QED) is 0.711. The van der Waals surface area contributed by atoms with Crippen LogP contribution in [-0.4, -0.2) is 64.2 Å². The van der Waals surface area contributed by atoms with Crippen molar-refractivity contribution in [1.82, 2.24) is 24.8 Å². The highest BCUT2D eigenvalue weighted by molar-refractivity contribution is 5.81. The Morgan fingerprint density at radius 3 is 2.69 bits per heavy atom. The van der Waals surface area contributed by atoms with E-state index in [1.807, 2.05) is 57.0 Å². The SMILES string of the molecule is COCC(C)NC(=O)CCc1c(C)nc2cc(C3CCN(C(=O)C(C)(C)C)C3)nn2c1C. The summed E-state index contributed by atoms with van der Waals surface area (Å²) in [6.45, 7) is 13.8. The number of carbonyl (C=O) groups is 2. The normalized spacial score (nSPS) is 17.7. The van der Waals surface area contributed by atoms with Crippen LogP contribution in [0.5, 0.6) is 0 Å². The van der Waals surface area contributed by atoms with Gasteiger partial charge in [0.1, 0.15) is 0 Å². The predicted molar refractivity (Wildman–Crippen MR) is 124 cm³/mol. The van der Waals surface area contributed by atoms with E-state index in [4.69, 9.17) is 14.8 Å². The maximum atomic E-state index is 12.6. The van der Waals surface area contributed by atoms with Crippen molar-refractivity contribution >= 4 is 17.5 Å². The first-order valence-electron chi connectivity index (χ1n) is 11.4. The minimum absolute atomic E-state index is 0.00386. The first kappa shape index (κ1) is 24.2. The monoisotopic (exact) mass is 443 g/mol. The lowest BCUT2D eigenvalue weighted by Crippen LogP contribution is -2.37. The number of methoxy groups -OCH3 is 1. The number of ether oxygens (including phenoxy) is 1. The summed E-state index contributed by atoms with van der Waals surface area (Å²) in [6.07, 6.45) is 1.92. The van der Waals surface area contributed by atoms with Crippen LogP contribution in [0.15, 0.2) is 6.07 Å². The van der Waals surface area contributed by atoms with Crippen molar-refractivity contribution in [3.63, 3.8) is 0 Å². The second kappa shape index (κ2) is 9.57. The fraction of sp³-hybridized carbons (Fsp3) is 0.667. The first-order valence-corrected chi connectivity index (χ1v) is 11.4. The summed E-state index contributed by atoms with van der Waals surface area (Å²) in [5.41, 5.74) is 4.42. The Hall–Kier alpha value is -2.48. The number of aromatic nitrogens is 3. The lowest BCUT2D eigenvalue weighted by molar-refractivity contribution is -0.138. The maximum absolute atomic E-state index is 12.6. The summed E-state index contributed by atoms with van der Waals surface area (Å²) in [7, 11) is 1.63. The topological polar surface area (TPSA) is 88.8 Å². The number of likely N-dealkylation sites (tertiary alicyclic amines) is 1. The third kappa shape index (κ3) is 5.28. The van der Waals surface area contributed by atoms with E-state index in [2.05, 4.69) is 5.32 Å². The van der Waals surface area contributed by atoms with Gasteiger partial charge in [0.25, 0.3) is 0 Å². The zero-order valence-corrected chi connectivity index (χ0v) is 20.5. The molecule has 32 heavy (non-hydrogen) atoms. The molecule has 2 atom stereocenters. The van der Waals surface area contributed by atoms with Crippen LogP contribution >= 0.6 is 0 Å². The van der Waals surface area contributed by atoms with Gasteiger partial charge in [-0.05, 0) is 39.2 Å². The smallest absolute Gasteiger partial charge is 0.227 e. The van der Waals surface area contributed by atoms with Crippen LogP contribution < -0.4 is 5.32 Å². The van der Waals surface area contributed by atoms with Crippen molar-refractivity contribution in [3.8, 4) is 0 Å². The third-order valence-corrected chi connectivity index (χ3v) is 6.14. The average molecular weight is 444 g/mol. The molecule has 2 amide bonds. The minimum atomic E-state index is -0.369. The van der Waals surface area contributed by atoms with Crippen molar-refractivity contribution in [2.24, 2.45) is 5.41 Å². The molecule has 0 spiro atoms. The molecule has 8 heteroatoms. The summed E-state index contributed by atoms with van der Waals surface area (Å²) in [5.74, 6) is 0.415. The molecule has 0 bridgehead atoms. The van der Waals surface area contributed by atoms with Crippen molar-refractivity contribution in [3.05, 3.63) is 28.7 Å². The van der Waals surface area contributed by atoms with Crippen molar-refractivity contribution < 1.29 is 14.3 Å². The van der Waals surface area contributed by atoms with E-state index in [0.717, 1.165) is 41.3 Å². The van der Waals surface area contributed by atoms with E-state index in [0.29, 0.717) is 26.0 Å². The zero-order chi connectivity index (χ0) is 23.6. The Morgan fingerprint density at radius 1 is 1.31 bits per heavy atom. The molecule has 1 fully saturated rings. The van der Waals surface area contributed by atoms with E-state index in [-0.39, 0.29) is 29.2 Å². The van der Waals surface area contributed by atoms with Crippen LogP contribution in [0.4, 0.5) is 0 Å². The first-order chi connectivity index (χ1) is 15.0. The highest BCUT2D eigenvalue weighted by Crippen LogP contribution is 2.30. The Bertz CT molecular complexity index is 992. The maximum Gasteiger partial charge on any atom is 0.227 e. The van der Waals surface area contributed by atoms with Crippen LogP contribution in [0.2, 0.25) is 0 Å². The molecule has 8 nitrogen and oxygen atoms in total. The van der Waals surface area contributed by atoms with Gasteiger partial charge in [0.2, 0.25) is 11.8 Å². The van der Waals surface area contributed by atoms with Gasteiger partial charge in [-0.3, -0.25) is 9.59 Å². The Kier molecular flexibility index (Phi) is 7.22. The van der Waals surface area contributed by atoms with Gasteiger partial charge >= 0.3 is 0 Å². The minimum Gasteiger partial charge on any atom is -0.383 e. The third-order valence-electron chi connectivity index (χ3n) is 6.14. The molecule has 2 aromatic heterocycles. The zero-order valence-electron chi connectivity index (χ0n) is 20.5. The lowest BCUT2D eigenvalue weighted by atomic mass is 9.95. The molecule has 2 unspecified atom stereocenters. The summed E-state index contributed by atoms with van der Waals surface area (Å²) in [6, 6.07) is 2.03. The van der Waals surface area contributed by atoms with Gasteiger partial charge in [-0.15, -0.1) is 0 Å². The van der Waals surface area contributed by atoms with Crippen LogP contribution in [0, 0.1) is 19.3 Å². The second-order valence-electron chi connectivity index (χ2n) is 10.0. The van der Waals surface area contributed by atoms with Gasteiger partial charge in [0.15, 0.2) is 5.65 Å². The van der Waals surface area contributed by atoms with Crippen molar-refractivity contribution in [2.75, 3.05) is 26.8 Å². The number of hydrogen-bond donors (Lipinski definition) is 1. The van der Waals surface area contributed by atoms with Crippen molar-refractivity contribution in [1.29, 1.82) is 0 Å². The predicted octanol–water partition coefficient (Wildman–Crippen LogP) is 2.79. The van der Waals surface area contributed by atoms with Crippen LogP contribution in [0.3, 0.4) is 0 Å². The van der Waals surface area contributed by atoms with Crippen LogP contribution in [0.25, 0.3) is 5.65 Å². The molecule has 176 valence electrons. The number of carbonyl (C=O) groups excluding carboxylic acids is 2. The number of amides is 2. The van der Waals surface area contributed by atoms with E-state index < -0.39 is 0 Å². The molecule has 1 N–H and O–H groups in total. The van der Waals surface area contributed by atoms with Crippen LogP contribution in [-0.2, 0) is 20.7 Å². The lowest BCUT2D eigenvalue weighted by Gasteiger charge is -2.25. The molecular weight excluding hydrogens is 406 g/mol. The molecule has 0 saturated carbocycles. The number of nitrogens with one attached hydrogen (secondary N) is 1. The van der Waals surface area contributed by atoms with E-state index in [1.54, 1.807) is 7.11 Å². The van der Waals surface area contributed by atoms with Gasteiger partial charge < -0.3 is 15.0 Å². The summed E-state index contributed by atoms with van der Waals surface area (Å²) >= 11 is 0. The molecule has 1 aliphatic heterocycles. The Morgan fingerprint density at radius 2 is 2.03 bits per heavy atom. The number of nitrogens with zero attached hydrogens (tertiary/aromatic N) is 4. The van der Waals surface area contributed by atoms with Gasteiger partial charge in [0.05, 0.1) is 12.3 Å². The molecule has 3 rings (SSSR count). The van der Waals surface area contributed by atoms with Gasteiger partial charge in [-0.1, -0.05) is 20.8 Å². The van der Waals surface area contributed by atoms with Gasteiger partial charge in [0, 0.05) is 61.4 Å². The molecule has 2 aromatic rings. The van der Waals surface area contributed by atoms with E-state index in [1.165, 1.54) is 0 Å². The largest absolute Gasteiger partial charge is 0.383 e.